The molecule has 4 rings (SSSR count). The maximum atomic E-state index is 12.3. The fraction of sp³-hybridized carbons (Fsp3) is 0.421. The van der Waals surface area contributed by atoms with Crippen LogP contribution in [-0.2, 0) is 18.9 Å². The van der Waals surface area contributed by atoms with Crippen molar-refractivity contribution in [3.05, 3.63) is 67.4 Å². The van der Waals surface area contributed by atoms with E-state index < -0.39 is 47.5 Å². The van der Waals surface area contributed by atoms with E-state index in [2.05, 4.69) is 20.9 Å². The van der Waals surface area contributed by atoms with Gasteiger partial charge in [0.05, 0.1) is 10.0 Å². The van der Waals surface area contributed by atoms with Gasteiger partial charge in [0.25, 0.3) is 5.56 Å². The minimum atomic E-state index is -0.901. The number of hydrogen-bond donors (Lipinski definition) is 1. The summed E-state index contributed by atoms with van der Waals surface area (Å²) in [5, 5.41) is 0. The van der Waals surface area contributed by atoms with Crippen LogP contribution in [0.25, 0.3) is 0 Å². The minimum absolute atomic E-state index is 0.0793. The van der Waals surface area contributed by atoms with E-state index in [-0.39, 0.29) is 11.1 Å². The maximum Gasteiger partial charge on any atom is 0.338 e. The zero-order valence-electron chi connectivity index (χ0n) is 15.7. The predicted molar refractivity (Wildman–Crippen MR) is 103 cm³/mol. The second-order valence-electron chi connectivity index (χ2n) is 7.24. The highest BCUT2D eigenvalue weighted by Crippen LogP contribution is 2.42. The van der Waals surface area contributed by atoms with Gasteiger partial charge in [-0.15, -0.1) is 0 Å². The van der Waals surface area contributed by atoms with Crippen molar-refractivity contribution in [1.82, 2.24) is 9.55 Å². The lowest BCUT2D eigenvalue weighted by molar-refractivity contribution is -0.200. The summed E-state index contributed by atoms with van der Waals surface area (Å²) in [4.78, 5) is 38.4. The number of carbonyl (C=O) groups is 1. The number of nitrogens with one attached hydrogen (secondary N) is 1. The van der Waals surface area contributed by atoms with E-state index >= 15 is 0 Å². The Morgan fingerprint density at radius 2 is 1.90 bits per heavy atom. The largest absolute Gasteiger partial charge is 0.459 e. The van der Waals surface area contributed by atoms with Crippen LogP contribution in [0.5, 0.6) is 0 Å². The minimum Gasteiger partial charge on any atom is -0.459 e. The van der Waals surface area contributed by atoms with Crippen molar-refractivity contribution < 1.29 is 23.7 Å². The lowest BCUT2D eigenvalue weighted by Gasteiger charge is -2.24. The van der Waals surface area contributed by atoms with Crippen LogP contribution in [0, 0.1) is 0 Å². The standard InChI is InChI=1S/C19H19BrN2O7/c1-19(2)28-13-12(9-26-17(24)10-6-4-3-5-7-10)27-16(14(13)29-19)22-8-11(20)15(23)21-18(22)25/h3-8,12-14,16H,9H2,1-2H3,(H,21,23,25)/t12-,13-,14-,16-/m1/s1. The van der Waals surface area contributed by atoms with Gasteiger partial charge in [-0.05, 0) is 41.9 Å². The third-order valence-corrected chi connectivity index (χ3v) is 5.28. The number of aromatic nitrogens is 2. The highest BCUT2D eigenvalue weighted by atomic mass is 79.9. The molecule has 0 bridgehead atoms. The molecule has 2 saturated heterocycles. The smallest absolute Gasteiger partial charge is 0.338 e. The fourth-order valence-corrected chi connectivity index (χ4v) is 3.80. The van der Waals surface area contributed by atoms with Gasteiger partial charge in [-0.2, -0.15) is 0 Å². The van der Waals surface area contributed by atoms with Crippen molar-refractivity contribution in [2.75, 3.05) is 6.61 Å². The molecular formula is C19H19BrN2O7. The summed E-state index contributed by atoms with van der Waals surface area (Å²) in [6.07, 6.45) is -1.35. The van der Waals surface area contributed by atoms with E-state index in [1.165, 1.54) is 10.8 Å². The van der Waals surface area contributed by atoms with E-state index in [1.807, 2.05) is 0 Å². The highest BCUT2D eigenvalue weighted by molar-refractivity contribution is 9.10. The summed E-state index contributed by atoms with van der Waals surface area (Å²) in [7, 11) is 0. The molecule has 0 aliphatic carbocycles. The molecular weight excluding hydrogens is 448 g/mol. The van der Waals surface area contributed by atoms with Gasteiger partial charge in [-0.25, -0.2) is 9.59 Å². The van der Waals surface area contributed by atoms with Gasteiger partial charge in [0.15, 0.2) is 12.0 Å². The van der Waals surface area contributed by atoms with Crippen molar-refractivity contribution in [3.63, 3.8) is 0 Å². The van der Waals surface area contributed by atoms with Crippen molar-refractivity contribution in [2.24, 2.45) is 0 Å². The summed E-state index contributed by atoms with van der Waals surface area (Å²) in [6.45, 7) is 3.42. The Labute approximate surface area is 173 Å². The van der Waals surface area contributed by atoms with Crippen LogP contribution in [-0.4, -0.2) is 46.2 Å². The van der Waals surface area contributed by atoms with Gasteiger partial charge in [-0.1, -0.05) is 18.2 Å². The second kappa shape index (κ2) is 7.52. The first-order chi connectivity index (χ1) is 13.7. The molecule has 2 aliphatic heterocycles. The second-order valence-corrected chi connectivity index (χ2v) is 8.09. The average molecular weight is 467 g/mol. The Kier molecular flexibility index (Phi) is 5.19. The molecule has 3 heterocycles. The molecule has 0 saturated carbocycles. The topological polar surface area (TPSA) is 109 Å². The van der Waals surface area contributed by atoms with Crippen molar-refractivity contribution >= 4 is 21.9 Å². The van der Waals surface area contributed by atoms with Crippen LogP contribution < -0.4 is 11.2 Å². The monoisotopic (exact) mass is 466 g/mol. The Bertz CT molecular complexity index is 1030. The first-order valence-corrected chi connectivity index (χ1v) is 9.79. The Hall–Kier alpha value is -2.27. The number of hydrogen-bond acceptors (Lipinski definition) is 7. The number of halogens is 1. The molecule has 154 valence electrons. The van der Waals surface area contributed by atoms with Gasteiger partial charge in [0.1, 0.15) is 24.9 Å². The van der Waals surface area contributed by atoms with E-state index in [1.54, 1.807) is 44.2 Å². The number of fused-ring (bicyclic) bond motifs is 1. The zero-order valence-corrected chi connectivity index (χ0v) is 17.2. The van der Waals surface area contributed by atoms with Gasteiger partial charge in [-0.3, -0.25) is 14.3 Å². The number of aromatic amines is 1. The molecule has 29 heavy (non-hydrogen) atoms. The number of rotatable bonds is 4. The highest BCUT2D eigenvalue weighted by Gasteiger charge is 2.56. The van der Waals surface area contributed by atoms with Crippen LogP contribution >= 0.6 is 15.9 Å². The molecule has 2 aliphatic rings. The molecule has 2 fully saturated rings. The molecule has 1 aromatic carbocycles. The quantitative estimate of drug-likeness (QED) is 0.681. The van der Waals surface area contributed by atoms with E-state index in [4.69, 9.17) is 18.9 Å². The summed E-state index contributed by atoms with van der Waals surface area (Å²) in [6, 6.07) is 8.59. The third kappa shape index (κ3) is 3.93. The third-order valence-electron chi connectivity index (χ3n) is 4.71. The molecule has 9 nitrogen and oxygen atoms in total. The Morgan fingerprint density at radius 3 is 2.62 bits per heavy atom. The van der Waals surface area contributed by atoms with Gasteiger partial charge >= 0.3 is 11.7 Å². The van der Waals surface area contributed by atoms with Crippen LogP contribution in [0.1, 0.15) is 30.4 Å². The molecule has 4 atom stereocenters. The van der Waals surface area contributed by atoms with Crippen molar-refractivity contribution in [3.8, 4) is 0 Å². The van der Waals surface area contributed by atoms with E-state index in [0.29, 0.717) is 5.56 Å². The number of esters is 1. The van der Waals surface area contributed by atoms with Gasteiger partial charge in [0, 0.05) is 6.20 Å². The molecule has 2 aromatic rings. The molecule has 0 unspecified atom stereocenters. The Morgan fingerprint density at radius 1 is 1.21 bits per heavy atom. The van der Waals surface area contributed by atoms with E-state index in [0.717, 1.165) is 0 Å². The SMILES string of the molecule is CC1(C)O[C@@H]2[C@H](O1)[C@@H](COC(=O)c1ccccc1)O[C@H]2n1cc(Br)c(=O)[nH]c1=O. The number of benzene rings is 1. The Balaban J connectivity index is 1.57. The normalized spacial score (nSPS) is 27.6. The molecule has 1 N–H and O–H groups in total. The maximum absolute atomic E-state index is 12.3. The predicted octanol–water partition coefficient (Wildman–Crippen LogP) is 1.57. The lowest BCUT2D eigenvalue weighted by Crippen LogP contribution is -2.37. The average Bonchev–Trinajstić information content (AvgIpc) is 3.16. The summed E-state index contributed by atoms with van der Waals surface area (Å²) < 4.78 is 24.6. The zero-order chi connectivity index (χ0) is 20.8. The molecule has 0 radical (unpaired) electrons. The molecule has 10 heteroatoms. The first kappa shape index (κ1) is 20.0. The molecule has 0 amide bonds. The summed E-state index contributed by atoms with van der Waals surface area (Å²) in [5.74, 6) is -1.39. The molecule has 1 aromatic heterocycles. The van der Waals surface area contributed by atoms with Crippen LogP contribution in [0.2, 0.25) is 0 Å². The molecule has 0 spiro atoms. The van der Waals surface area contributed by atoms with E-state index in [9.17, 15) is 14.4 Å². The fourth-order valence-electron chi connectivity index (χ4n) is 3.48. The number of H-pyrrole nitrogens is 1. The number of ether oxygens (including phenoxy) is 4. The summed E-state index contributed by atoms with van der Waals surface area (Å²) >= 11 is 3.11. The van der Waals surface area contributed by atoms with Crippen molar-refractivity contribution in [2.45, 2.75) is 44.2 Å². The number of nitrogens with zero attached hydrogens (tertiary/aromatic N) is 1. The summed E-state index contributed by atoms with van der Waals surface area (Å²) in [5.41, 5.74) is -0.765. The first-order valence-electron chi connectivity index (χ1n) is 8.99. The van der Waals surface area contributed by atoms with Crippen LogP contribution in [0.15, 0.2) is 50.6 Å². The number of carbonyl (C=O) groups excluding carboxylic acids is 1. The van der Waals surface area contributed by atoms with Crippen LogP contribution in [0.3, 0.4) is 0 Å². The van der Waals surface area contributed by atoms with Crippen LogP contribution in [0.4, 0.5) is 0 Å². The van der Waals surface area contributed by atoms with Gasteiger partial charge < -0.3 is 18.9 Å². The van der Waals surface area contributed by atoms with Crippen molar-refractivity contribution in [1.29, 1.82) is 0 Å². The van der Waals surface area contributed by atoms with Gasteiger partial charge in [0.2, 0.25) is 0 Å². The lowest BCUT2D eigenvalue weighted by atomic mass is 10.1.